The van der Waals surface area contributed by atoms with Gasteiger partial charge in [-0.25, -0.2) is 4.79 Å². The van der Waals surface area contributed by atoms with Crippen molar-refractivity contribution in [3.05, 3.63) is 45.8 Å². The predicted molar refractivity (Wildman–Crippen MR) is 108 cm³/mol. The number of ether oxygens (including phenoxy) is 2. The largest absolute Gasteiger partial charge is 0.497 e. The molecule has 0 saturated heterocycles. The van der Waals surface area contributed by atoms with Gasteiger partial charge < -0.3 is 19.7 Å². The summed E-state index contributed by atoms with van der Waals surface area (Å²) in [5.74, 6) is -0.529. The van der Waals surface area contributed by atoms with E-state index in [-0.39, 0.29) is 18.4 Å². The first-order valence-electron chi connectivity index (χ1n) is 8.64. The van der Waals surface area contributed by atoms with Gasteiger partial charge in [0.1, 0.15) is 10.8 Å². The molecular weight excluding hydrogens is 380 g/mol. The fourth-order valence-corrected chi connectivity index (χ4v) is 3.66. The molecule has 8 heteroatoms. The molecule has 150 valence electrons. The Kier molecular flexibility index (Phi) is 7.17. The van der Waals surface area contributed by atoms with Crippen LogP contribution in [0, 0.1) is 13.8 Å². The van der Waals surface area contributed by atoms with Crippen molar-refractivity contribution in [1.29, 1.82) is 0 Å². The highest BCUT2D eigenvalue weighted by molar-refractivity contribution is 7.16. The molecule has 2 aromatic rings. The minimum Gasteiger partial charge on any atom is -0.497 e. The third-order valence-electron chi connectivity index (χ3n) is 4.19. The Morgan fingerprint density at radius 2 is 1.93 bits per heavy atom. The van der Waals surface area contributed by atoms with Crippen molar-refractivity contribution in [3.8, 4) is 5.75 Å². The number of nitrogens with one attached hydrogen (secondary N) is 1. The molecule has 1 aromatic heterocycles. The number of esters is 1. The molecule has 0 bridgehead atoms. The van der Waals surface area contributed by atoms with Gasteiger partial charge in [-0.3, -0.25) is 9.59 Å². The van der Waals surface area contributed by atoms with Crippen LogP contribution < -0.4 is 10.1 Å². The summed E-state index contributed by atoms with van der Waals surface area (Å²) in [4.78, 5) is 38.6. The van der Waals surface area contributed by atoms with Crippen LogP contribution in [0.15, 0.2) is 24.3 Å². The molecule has 0 saturated carbocycles. The molecule has 2 rings (SSSR count). The zero-order chi connectivity index (χ0) is 20.8. The summed E-state index contributed by atoms with van der Waals surface area (Å²) < 4.78 is 10.4. The molecule has 0 unspecified atom stereocenters. The van der Waals surface area contributed by atoms with E-state index in [0.29, 0.717) is 22.9 Å². The molecule has 1 heterocycles. The number of thiophene rings is 1. The SMILES string of the molecule is COc1cccc(CN(C)C(=O)COC(=O)c2c(NC(C)=O)sc(C)c2C)c1. The monoisotopic (exact) mass is 404 g/mol. The standard InChI is InChI=1S/C20H24N2O5S/c1-12-13(2)28-19(21-14(3)23)18(12)20(25)27-11-17(24)22(4)10-15-7-6-8-16(9-15)26-5/h6-9H,10-11H2,1-5H3,(H,21,23). The van der Waals surface area contributed by atoms with Crippen LogP contribution in [0.1, 0.15) is 33.3 Å². The van der Waals surface area contributed by atoms with Crippen LogP contribution >= 0.6 is 11.3 Å². The molecule has 0 aliphatic heterocycles. The summed E-state index contributed by atoms with van der Waals surface area (Å²) in [5, 5.41) is 3.08. The lowest BCUT2D eigenvalue weighted by Gasteiger charge is -2.17. The second kappa shape index (κ2) is 9.36. The lowest BCUT2D eigenvalue weighted by molar-refractivity contribution is -0.133. The number of aryl methyl sites for hydroxylation is 1. The summed E-state index contributed by atoms with van der Waals surface area (Å²) >= 11 is 1.30. The number of carbonyl (C=O) groups is 3. The predicted octanol–water partition coefficient (Wildman–Crippen LogP) is 3.15. The van der Waals surface area contributed by atoms with Crippen molar-refractivity contribution in [2.75, 3.05) is 26.1 Å². The molecule has 0 aliphatic carbocycles. The number of likely N-dealkylation sites (N-methyl/N-ethyl adjacent to an activating group) is 1. The Morgan fingerprint density at radius 3 is 2.57 bits per heavy atom. The summed E-state index contributed by atoms with van der Waals surface area (Å²) in [6.07, 6.45) is 0. The second-order valence-corrected chi connectivity index (χ2v) is 7.57. The van der Waals surface area contributed by atoms with E-state index in [1.165, 1.54) is 23.2 Å². The highest BCUT2D eigenvalue weighted by atomic mass is 32.1. The van der Waals surface area contributed by atoms with Gasteiger partial charge in [0.05, 0.1) is 12.7 Å². The fraction of sp³-hybridized carbons (Fsp3) is 0.350. The number of hydrogen-bond donors (Lipinski definition) is 1. The van der Waals surface area contributed by atoms with Crippen LogP contribution in [0.4, 0.5) is 5.00 Å². The van der Waals surface area contributed by atoms with Gasteiger partial charge in [0.15, 0.2) is 6.61 Å². The number of methoxy groups -OCH3 is 1. The van der Waals surface area contributed by atoms with E-state index in [1.54, 1.807) is 21.1 Å². The van der Waals surface area contributed by atoms with E-state index in [2.05, 4.69) is 5.32 Å². The number of nitrogens with zero attached hydrogens (tertiary/aromatic N) is 1. The van der Waals surface area contributed by atoms with Crippen molar-refractivity contribution in [2.24, 2.45) is 0 Å². The van der Waals surface area contributed by atoms with Crippen LogP contribution in [0.2, 0.25) is 0 Å². The number of carbonyl (C=O) groups excluding carboxylic acids is 3. The number of anilines is 1. The van der Waals surface area contributed by atoms with E-state index in [0.717, 1.165) is 16.0 Å². The first kappa shape index (κ1) is 21.4. The van der Waals surface area contributed by atoms with Gasteiger partial charge in [-0.05, 0) is 37.1 Å². The van der Waals surface area contributed by atoms with Crippen molar-refractivity contribution in [2.45, 2.75) is 27.3 Å². The highest BCUT2D eigenvalue weighted by Gasteiger charge is 2.23. The van der Waals surface area contributed by atoms with Crippen LogP contribution in [0.5, 0.6) is 5.75 Å². The molecule has 7 nitrogen and oxygen atoms in total. The molecule has 0 aliphatic rings. The number of amides is 2. The Bertz CT molecular complexity index is 891. The van der Waals surface area contributed by atoms with Gasteiger partial charge in [0.2, 0.25) is 5.91 Å². The number of hydrogen-bond acceptors (Lipinski definition) is 6. The molecular formula is C20H24N2O5S. The van der Waals surface area contributed by atoms with Gasteiger partial charge in [-0.2, -0.15) is 0 Å². The normalized spacial score (nSPS) is 10.3. The quantitative estimate of drug-likeness (QED) is 0.717. The molecule has 0 spiro atoms. The average Bonchev–Trinajstić information content (AvgIpc) is 2.92. The number of rotatable bonds is 7. The van der Waals surface area contributed by atoms with E-state index in [9.17, 15) is 14.4 Å². The molecule has 1 aromatic carbocycles. The smallest absolute Gasteiger partial charge is 0.341 e. The van der Waals surface area contributed by atoms with Gasteiger partial charge in [-0.15, -0.1) is 11.3 Å². The van der Waals surface area contributed by atoms with Gasteiger partial charge in [-0.1, -0.05) is 12.1 Å². The Morgan fingerprint density at radius 1 is 1.21 bits per heavy atom. The van der Waals surface area contributed by atoms with Gasteiger partial charge in [0.25, 0.3) is 5.91 Å². The van der Waals surface area contributed by atoms with Crippen molar-refractivity contribution < 1.29 is 23.9 Å². The van der Waals surface area contributed by atoms with Crippen molar-refractivity contribution in [1.82, 2.24) is 4.90 Å². The summed E-state index contributed by atoms with van der Waals surface area (Å²) in [6.45, 7) is 4.99. The Balaban J connectivity index is 2.00. The average molecular weight is 404 g/mol. The minimum atomic E-state index is -0.631. The van der Waals surface area contributed by atoms with E-state index >= 15 is 0 Å². The number of benzene rings is 1. The first-order valence-corrected chi connectivity index (χ1v) is 9.46. The lowest BCUT2D eigenvalue weighted by Crippen LogP contribution is -2.31. The van der Waals surface area contributed by atoms with Gasteiger partial charge in [0, 0.05) is 25.4 Å². The highest BCUT2D eigenvalue weighted by Crippen LogP contribution is 2.33. The van der Waals surface area contributed by atoms with Crippen LogP contribution in [-0.4, -0.2) is 43.4 Å². The Hall–Kier alpha value is -2.87. The van der Waals surface area contributed by atoms with E-state index < -0.39 is 5.97 Å². The van der Waals surface area contributed by atoms with Gasteiger partial charge >= 0.3 is 5.97 Å². The van der Waals surface area contributed by atoms with Crippen molar-refractivity contribution >= 4 is 34.1 Å². The minimum absolute atomic E-state index is 0.274. The summed E-state index contributed by atoms with van der Waals surface area (Å²) in [5.41, 5.74) is 1.93. The summed E-state index contributed by atoms with van der Waals surface area (Å²) in [7, 11) is 3.22. The molecule has 28 heavy (non-hydrogen) atoms. The molecule has 1 N–H and O–H groups in total. The first-order chi connectivity index (χ1) is 13.2. The Labute approximate surface area is 168 Å². The van der Waals surface area contributed by atoms with Crippen LogP contribution in [-0.2, 0) is 20.9 Å². The molecule has 0 atom stereocenters. The van der Waals surface area contributed by atoms with Crippen LogP contribution in [0.25, 0.3) is 0 Å². The zero-order valence-electron chi connectivity index (χ0n) is 16.6. The topological polar surface area (TPSA) is 84.9 Å². The maximum Gasteiger partial charge on any atom is 0.341 e. The fourth-order valence-electron chi connectivity index (χ4n) is 2.56. The maximum atomic E-state index is 12.5. The maximum absolute atomic E-state index is 12.5. The third kappa shape index (κ3) is 5.32. The van der Waals surface area contributed by atoms with Crippen molar-refractivity contribution in [3.63, 3.8) is 0 Å². The second-order valence-electron chi connectivity index (χ2n) is 6.35. The van der Waals surface area contributed by atoms with Crippen LogP contribution in [0.3, 0.4) is 0 Å². The third-order valence-corrected chi connectivity index (χ3v) is 5.31. The molecule has 0 radical (unpaired) electrons. The zero-order valence-corrected chi connectivity index (χ0v) is 17.4. The lowest BCUT2D eigenvalue weighted by atomic mass is 10.1. The van der Waals surface area contributed by atoms with E-state index in [4.69, 9.17) is 9.47 Å². The summed E-state index contributed by atoms with van der Waals surface area (Å²) in [6, 6.07) is 7.39. The molecule has 2 amide bonds. The van der Waals surface area contributed by atoms with E-state index in [1.807, 2.05) is 31.2 Å². The molecule has 0 fully saturated rings.